The zero-order chi connectivity index (χ0) is 11.3. The van der Waals surface area contributed by atoms with Gasteiger partial charge < -0.3 is 5.32 Å². The second-order valence-electron chi connectivity index (χ2n) is 3.26. The number of hydrogen-bond acceptors (Lipinski definition) is 1. The highest BCUT2D eigenvalue weighted by atomic mass is 79.9. The lowest BCUT2D eigenvalue weighted by molar-refractivity contribution is -0.120. The fraction of sp³-hybridized carbons (Fsp3) is 0.250. The van der Waals surface area contributed by atoms with E-state index >= 15 is 0 Å². The lowest BCUT2D eigenvalue weighted by Crippen LogP contribution is -2.32. The van der Waals surface area contributed by atoms with E-state index in [1.165, 1.54) is 0 Å². The highest BCUT2D eigenvalue weighted by Crippen LogP contribution is 2.10. The second kappa shape index (κ2) is 5.57. The van der Waals surface area contributed by atoms with Crippen LogP contribution in [0.1, 0.15) is 12.5 Å². The van der Waals surface area contributed by atoms with Crippen LogP contribution < -0.4 is 5.32 Å². The lowest BCUT2D eigenvalue weighted by Gasteiger charge is -2.07. The zero-order valence-corrected chi connectivity index (χ0v) is 10.0. The third-order valence-corrected chi connectivity index (χ3v) is 2.43. The SMILES string of the molecule is C#CC(C)NC(=O)Cc1ccc(Br)cc1. The third kappa shape index (κ3) is 4.18. The number of carbonyl (C=O) groups is 1. The molecule has 0 aromatic heterocycles. The molecule has 0 aliphatic carbocycles. The number of hydrogen-bond donors (Lipinski definition) is 1. The van der Waals surface area contributed by atoms with Crippen LogP contribution in [-0.2, 0) is 11.2 Å². The van der Waals surface area contributed by atoms with E-state index in [0.717, 1.165) is 10.0 Å². The fourth-order valence-corrected chi connectivity index (χ4v) is 1.39. The molecule has 1 amide bonds. The molecule has 1 rings (SSSR count). The van der Waals surface area contributed by atoms with Crippen molar-refractivity contribution in [2.24, 2.45) is 0 Å². The topological polar surface area (TPSA) is 29.1 Å². The summed E-state index contributed by atoms with van der Waals surface area (Å²) in [6.45, 7) is 1.78. The van der Waals surface area contributed by atoms with Gasteiger partial charge in [-0.2, -0.15) is 0 Å². The number of halogens is 1. The molecule has 0 saturated carbocycles. The van der Waals surface area contributed by atoms with Gasteiger partial charge in [-0.05, 0) is 24.6 Å². The maximum Gasteiger partial charge on any atom is 0.225 e. The van der Waals surface area contributed by atoms with Crippen LogP contribution in [0.4, 0.5) is 0 Å². The molecule has 3 heteroatoms. The smallest absolute Gasteiger partial charge is 0.225 e. The first-order valence-electron chi connectivity index (χ1n) is 4.61. The maximum atomic E-state index is 11.4. The normalized spacial score (nSPS) is 11.5. The molecule has 1 aromatic rings. The molecule has 1 atom stereocenters. The van der Waals surface area contributed by atoms with Crippen molar-refractivity contribution in [2.75, 3.05) is 0 Å². The largest absolute Gasteiger partial charge is 0.342 e. The average Bonchev–Trinajstić information content (AvgIpc) is 2.21. The summed E-state index contributed by atoms with van der Waals surface area (Å²) in [5, 5.41) is 2.71. The van der Waals surface area contributed by atoms with Gasteiger partial charge in [-0.1, -0.05) is 34.0 Å². The van der Waals surface area contributed by atoms with Crippen molar-refractivity contribution in [3.8, 4) is 12.3 Å². The Kier molecular flexibility index (Phi) is 4.38. The zero-order valence-electron chi connectivity index (χ0n) is 8.46. The van der Waals surface area contributed by atoms with Crippen molar-refractivity contribution >= 4 is 21.8 Å². The van der Waals surface area contributed by atoms with Gasteiger partial charge in [-0.3, -0.25) is 4.79 Å². The highest BCUT2D eigenvalue weighted by Gasteiger charge is 2.05. The lowest BCUT2D eigenvalue weighted by atomic mass is 10.1. The van der Waals surface area contributed by atoms with Crippen LogP contribution in [-0.4, -0.2) is 11.9 Å². The van der Waals surface area contributed by atoms with E-state index in [4.69, 9.17) is 6.42 Å². The molecule has 2 nitrogen and oxygen atoms in total. The summed E-state index contributed by atoms with van der Waals surface area (Å²) in [5.41, 5.74) is 0.972. The minimum Gasteiger partial charge on any atom is -0.342 e. The molecule has 0 radical (unpaired) electrons. The standard InChI is InChI=1S/C12H12BrNO/c1-3-9(2)14-12(15)8-10-4-6-11(13)7-5-10/h1,4-7,9H,8H2,2H3,(H,14,15). The van der Waals surface area contributed by atoms with Gasteiger partial charge in [0.2, 0.25) is 5.91 Å². The minimum absolute atomic E-state index is 0.0530. The summed E-state index contributed by atoms with van der Waals surface area (Å²) in [4.78, 5) is 11.4. The molecular weight excluding hydrogens is 254 g/mol. The first-order chi connectivity index (χ1) is 7.11. The van der Waals surface area contributed by atoms with E-state index in [0.29, 0.717) is 6.42 Å². The van der Waals surface area contributed by atoms with Crippen molar-refractivity contribution < 1.29 is 4.79 Å². The predicted octanol–water partition coefficient (Wildman–Crippen LogP) is 2.13. The summed E-state index contributed by atoms with van der Waals surface area (Å²) >= 11 is 3.34. The molecule has 1 aromatic carbocycles. The summed E-state index contributed by atoms with van der Waals surface area (Å²) in [6, 6.07) is 7.42. The van der Waals surface area contributed by atoms with Gasteiger partial charge in [0.05, 0.1) is 12.5 Å². The summed E-state index contributed by atoms with van der Waals surface area (Å²) in [7, 11) is 0. The summed E-state index contributed by atoms with van der Waals surface area (Å²) < 4.78 is 1.00. The molecule has 1 N–H and O–H groups in total. The number of rotatable bonds is 3. The van der Waals surface area contributed by atoms with Gasteiger partial charge in [0.1, 0.15) is 0 Å². The summed E-state index contributed by atoms with van der Waals surface area (Å²) in [6.07, 6.45) is 5.52. The quantitative estimate of drug-likeness (QED) is 0.834. The van der Waals surface area contributed by atoms with Gasteiger partial charge in [0, 0.05) is 4.47 Å². The van der Waals surface area contributed by atoms with E-state index in [1.807, 2.05) is 24.3 Å². The predicted molar refractivity (Wildman–Crippen MR) is 64.3 cm³/mol. The van der Waals surface area contributed by atoms with E-state index in [-0.39, 0.29) is 11.9 Å². The molecule has 0 fully saturated rings. The Morgan fingerprint density at radius 3 is 2.67 bits per heavy atom. The minimum atomic E-state index is -0.215. The van der Waals surface area contributed by atoms with Crippen LogP contribution in [0.25, 0.3) is 0 Å². The summed E-state index contributed by atoms with van der Waals surface area (Å²) in [5.74, 6) is 2.40. The number of amides is 1. The van der Waals surface area contributed by atoms with E-state index in [9.17, 15) is 4.79 Å². The van der Waals surface area contributed by atoms with Crippen molar-refractivity contribution in [1.82, 2.24) is 5.32 Å². The van der Waals surface area contributed by atoms with E-state index < -0.39 is 0 Å². The molecule has 0 heterocycles. The molecule has 0 spiro atoms. The molecule has 0 aliphatic heterocycles. The van der Waals surface area contributed by atoms with Crippen LogP contribution in [0.2, 0.25) is 0 Å². The highest BCUT2D eigenvalue weighted by molar-refractivity contribution is 9.10. The molecule has 0 saturated heterocycles. The van der Waals surface area contributed by atoms with Crippen molar-refractivity contribution in [2.45, 2.75) is 19.4 Å². The number of terminal acetylenes is 1. The number of benzene rings is 1. The van der Waals surface area contributed by atoms with Crippen LogP contribution in [0.3, 0.4) is 0 Å². The second-order valence-corrected chi connectivity index (χ2v) is 4.17. The number of carbonyl (C=O) groups excluding carboxylic acids is 1. The van der Waals surface area contributed by atoms with Gasteiger partial charge in [0.25, 0.3) is 0 Å². The Labute approximate surface area is 98.2 Å². The Morgan fingerprint density at radius 1 is 1.53 bits per heavy atom. The van der Waals surface area contributed by atoms with Crippen LogP contribution in [0.15, 0.2) is 28.7 Å². The van der Waals surface area contributed by atoms with Gasteiger partial charge in [-0.25, -0.2) is 0 Å². The fourth-order valence-electron chi connectivity index (χ4n) is 1.12. The Bertz CT molecular complexity index is 378. The van der Waals surface area contributed by atoms with Crippen molar-refractivity contribution in [3.63, 3.8) is 0 Å². The molecule has 0 aliphatic rings. The molecule has 1 unspecified atom stereocenters. The third-order valence-electron chi connectivity index (χ3n) is 1.91. The van der Waals surface area contributed by atoms with Crippen LogP contribution in [0.5, 0.6) is 0 Å². The molecular formula is C12H12BrNO. The number of nitrogens with one attached hydrogen (secondary N) is 1. The molecule has 78 valence electrons. The molecule has 15 heavy (non-hydrogen) atoms. The first kappa shape index (κ1) is 11.8. The maximum absolute atomic E-state index is 11.4. The van der Waals surface area contributed by atoms with E-state index in [1.54, 1.807) is 6.92 Å². The van der Waals surface area contributed by atoms with Gasteiger partial charge in [0.15, 0.2) is 0 Å². The average molecular weight is 266 g/mol. The monoisotopic (exact) mass is 265 g/mol. The van der Waals surface area contributed by atoms with Gasteiger partial charge in [-0.15, -0.1) is 6.42 Å². The Balaban J connectivity index is 2.52. The Morgan fingerprint density at radius 2 is 2.13 bits per heavy atom. The van der Waals surface area contributed by atoms with Crippen LogP contribution >= 0.6 is 15.9 Å². The van der Waals surface area contributed by atoms with E-state index in [2.05, 4.69) is 27.2 Å². The van der Waals surface area contributed by atoms with Gasteiger partial charge >= 0.3 is 0 Å². The Hall–Kier alpha value is -1.27. The molecule has 0 bridgehead atoms. The van der Waals surface area contributed by atoms with Crippen molar-refractivity contribution in [1.29, 1.82) is 0 Å². The van der Waals surface area contributed by atoms with Crippen molar-refractivity contribution in [3.05, 3.63) is 34.3 Å². The van der Waals surface area contributed by atoms with Crippen LogP contribution in [0, 0.1) is 12.3 Å². The first-order valence-corrected chi connectivity index (χ1v) is 5.41.